The molecular weight excluding hydrogens is 332 g/mol. The van der Waals surface area contributed by atoms with E-state index in [0.717, 1.165) is 24.7 Å². The van der Waals surface area contributed by atoms with Crippen LogP contribution in [-0.2, 0) is 26.0 Å². The van der Waals surface area contributed by atoms with E-state index in [-0.39, 0.29) is 18.2 Å². The van der Waals surface area contributed by atoms with Gasteiger partial charge in [-0.1, -0.05) is 12.1 Å². The molecule has 0 bridgehead atoms. The summed E-state index contributed by atoms with van der Waals surface area (Å²) < 4.78 is 24.7. The summed E-state index contributed by atoms with van der Waals surface area (Å²) in [4.78, 5) is 22.8. The molecule has 130 valence electrons. The number of benzene rings is 1. The Morgan fingerprint density at radius 1 is 1.25 bits per heavy atom. The second-order valence-electron chi connectivity index (χ2n) is 5.52. The molecule has 0 radical (unpaired) electrons. The Labute approximate surface area is 140 Å². The summed E-state index contributed by atoms with van der Waals surface area (Å²) in [7, 11) is -3.27. The summed E-state index contributed by atoms with van der Waals surface area (Å²) >= 11 is 0. The topological polar surface area (TPSA) is 117 Å². The lowest BCUT2D eigenvalue weighted by atomic mass is 10.1. The summed E-state index contributed by atoms with van der Waals surface area (Å²) in [5.41, 5.74) is 4.20. The van der Waals surface area contributed by atoms with E-state index in [4.69, 9.17) is 0 Å². The molecule has 8 nitrogen and oxygen atoms in total. The number of sulfonamides is 1. The fourth-order valence-electron chi connectivity index (χ4n) is 2.19. The zero-order valence-electron chi connectivity index (χ0n) is 13.3. The first-order valence-corrected chi connectivity index (χ1v) is 9.43. The first-order chi connectivity index (χ1) is 11.3. The molecule has 24 heavy (non-hydrogen) atoms. The smallest absolute Gasteiger partial charge is 0.267 e. The Bertz CT molecular complexity index is 741. The van der Waals surface area contributed by atoms with E-state index >= 15 is 0 Å². The number of carbonyl (C=O) groups is 2. The highest BCUT2D eigenvalue weighted by Crippen LogP contribution is 2.12. The molecule has 0 spiro atoms. The maximum atomic E-state index is 11.8. The summed E-state index contributed by atoms with van der Waals surface area (Å²) in [6, 6.07) is 7.09. The lowest BCUT2D eigenvalue weighted by molar-refractivity contribution is -0.121. The third-order valence-electron chi connectivity index (χ3n) is 3.35. The average molecular weight is 352 g/mol. The normalized spacial score (nSPS) is 14.5. The van der Waals surface area contributed by atoms with Crippen LogP contribution in [0, 0.1) is 0 Å². The van der Waals surface area contributed by atoms with Gasteiger partial charge >= 0.3 is 0 Å². The highest BCUT2D eigenvalue weighted by atomic mass is 32.2. The van der Waals surface area contributed by atoms with Crippen molar-refractivity contribution in [1.82, 2.24) is 10.7 Å². The number of hydrazone groups is 1. The predicted molar refractivity (Wildman–Crippen MR) is 91.1 cm³/mol. The number of anilines is 1. The highest BCUT2D eigenvalue weighted by Gasteiger charge is 2.17. The highest BCUT2D eigenvalue weighted by molar-refractivity contribution is 7.92. The Hall–Kier alpha value is -2.42. The van der Waals surface area contributed by atoms with E-state index in [1.54, 1.807) is 12.1 Å². The predicted octanol–water partition coefficient (Wildman–Crippen LogP) is 0.373. The van der Waals surface area contributed by atoms with Crippen molar-refractivity contribution in [1.29, 1.82) is 0 Å². The molecule has 0 atom stereocenters. The monoisotopic (exact) mass is 352 g/mol. The Morgan fingerprint density at radius 2 is 1.96 bits per heavy atom. The van der Waals surface area contributed by atoms with Crippen molar-refractivity contribution in [2.24, 2.45) is 5.10 Å². The number of aryl methyl sites for hydroxylation is 1. The summed E-state index contributed by atoms with van der Waals surface area (Å²) in [5, 5.41) is 6.50. The lowest BCUT2D eigenvalue weighted by Crippen LogP contribution is -2.37. The van der Waals surface area contributed by atoms with Crippen molar-refractivity contribution in [3.63, 3.8) is 0 Å². The van der Waals surface area contributed by atoms with Crippen LogP contribution in [-0.4, -0.2) is 38.7 Å². The molecule has 2 rings (SSSR count). The number of hydrogen-bond acceptors (Lipinski definition) is 5. The summed E-state index contributed by atoms with van der Waals surface area (Å²) in [6.45, 7) is 0.495. The van der Waals surface area contributed by atoms with Crippen LogP contribution >= 0.6 is 0 Å². The number of rotatable bonds is 7. The summed E-state index contributed by atoms with van der Waals surface area (Å²) in [5.74, 6) is -0.442. The van der Waals surface area contributed by atoms with Crippen molar-refractivity contribution in [3.8, 4) is 0 Å². The number of carbonyl (C=O) groups excluding carboxylic acids is 2. The van der Waals surface area contributed by atoms with Crippen LogP contribution < -0.4 is 15.5 Å². The van der Waals surface area contributed by atoms with Gasteiger partial charge in [-0.15, -0.1) is 0 Å². The van der Waals surface area contributed by atoms with Crippen LogP contribution in [0.5, 0.6) is 0 Å². The molecule has 0 unspecified atom stereocenters. The van der Waals surface area contributed by atoms with Gasteiger partial charge < -0.3 is 5.32 Å². The van der Waals surface area contributed by atoms with Crippen LogP contribution in [0.15, 0.2) is 29.4 Å². The van der Waals surface area contributed by atoms with Crippen LogP contribution in [0.2, 0.25) is 0 Å². The molecule has 0 aliphatic carbocycles. The van der Waals surface area contributed by atoms with Gasteiger partial charge in [0.1, 0.15) is 5.71 Å². The van der Waals surface area contributed by atoms with E-state index in [1.807, 2.05) is 12.1 Å². The second-order valence-corrected chi connectivity index (χ2v) is 7.27. The molecule has 0 saturated carbocycles. The second kappa shape index (κ2) is 7.91. The minimum Gasteiger partial charge on any atom is -0.351 e. The van der Waals surface area contributed by atoms with Crippen molar-refractivity contribution in [2.75, 3.05) is 17.5 Å². The molecule has 0 fully saturated rings. The van der Waals surface area contributed by atoms with Gasteiger partial charge in [0.2, 0.25) is 15.9 Å². The van der Waals surface area contributed by atoms with Gasteiger partial charge in [-0.25, -0.2) is 13.8 Å². The Kier molecular flexibility index (Phi) is 5.91. The van der Waals surface area contributed by atoms with E-state index in [2.05, 4.69) is 20.6 Å². The van der Waals surface area contributed by atoms with Gasteiger partial charge in [0.05, 0.1) is 6.26 Å². The van der Waals surface area contributed by atoms with E-state index in [1.165, 1.54) is 0 Å². The lowest BCUT2D eigenvalue weighted by Gasteiger charge is -2.12. The number of hydrogen-bond donors (Lipinski definition) is 3. The first-order valence-electron chi connectivity index (χ1n) is 7.54. The largest absolute Gasteiger partial charge is 0.351 e. The zero-order chi connectivity index (χ0) is 17.6. The number of amides is 2. The van der Waals surface area contributed by atoms with Gasteiger partial charge in [-0.3, -0.25) is 14.3 Å². The van der Waals surface area contributed by atoms with Gasteiger partial charge in [0.25, 0.3) is 5.91 Å². The first kappa shape index (κ1) is 17.9. The standard InChI is InChI=1S/C15H20N4O4S/c1-24(22,23)19-12-6-4-11(5-7-12)3-2-10-16-15(21)13-8-9-14(20)18-17-13/h4-7,19H,2-3,8-10H2,1H3,(H,16,21)(H,18,20). The third kappa shape index (κ3) is 5.99. The molecule has 0 aromatic heterocycles. The third-order valence-corrected chi connectivity index (χ3v) is 3.96. The van der Waals surface area contributed by atoms with Crippen molar-refractivity contribution in [3.05, 3.63) is 29.8 Å². The van der Waals surface area contributed by atoms with E-state index in [0.29, 0.717) is 24.4 Å². The molecule has 1 aliphatic rings. The van der Waals surface area contributed by atoms with Crippen molar-refractivity contribution >= 4 is 33.2 Å². The molecule has 2 amide bonds. The molecular formula is C15H20N4O4S. The van der Waals surface area contributed by atoms with Gasteiger partial charge in [0, 0.05) is 25.1 Å². The van der Waals surface area contributed by atoms with Crippen LogP contribution in [0.4, 0.5) is 5.69 Å². The molecule has 3 N–H and O–H groups in total. The fraction of sp³-hybridized carbons (Fsp3) is 0.400. The summed E-state index contributed by atoms with van der Waals surface area (Å²) in [6.07, 6.45) is 3.23. The van der Waals surface area contributed by atoms with Crippen LogP contribution in [0.1, 0.15) is 24.8 Å². The zero-order valence-corrected chi connectivity index (χ0v) is 14.1. The van der Waals surface area contributed by atoms with Crippen molar-refractivity contribution < 1.29 is 18.0 Å². The molecule has 1 aromatic carbocycles. The molecule has 9 heteroatoms. The minimum atomic E-state index is -3.27. The van der Waals surface area contributed by atoms with Gasteiger partial charge in [-0.05, 0) is 30.5 Å². The maximum Gasteiger partial charge on any atom is 0.267 e. The molecule has 1 aromatic rings. The van der Waals surface area contributed by atoms with Crippen LogP contribution in [0.25, 0.3) is 0 Å². The van der Waals surface area contributed by atoms with E-state index in [9.17, 15) is 18.0 Å². The number of nitrogens with one attached hydrogen (secondary N) is 3. The Morgan fingerprint density at radius 3 is 2.54 bits per heavy atom. The minimum absolute atomic E-state index is 0.180. The van der Waals surface area contributed by atoms with Gasteiger partial charge in [0.15, 0.2) is 0 Å². The fourth-order valence-corrected chi connectivity index (χ4v) is 2.75. The molecule has 0 saturated heterocycles. The van der Waals surface area contributed by atoms with E-state index < -0.39 is 10.0 Å². The average Bonchev–Trinajstić information content (AvgIpc) is 2.52. The SMILES string of the molecule is CS(=O)(=O)Nc1ccc(CCCNC(=O)C2=NNC(=O)CC2)cc1. The van der Waals surface area contributed by atoms with Crippen LogP contribution in [0.3, 0.4) is 0 Å². The molecule has 1 aliphatic heterocycles. The van der Waals surface area contributed by atoms with Crippen molar-refractivity contribution in [2.45, 2.75) is 25.7 Å². The number of nitrogens with zero attached hydrogens (tertiary/aromatic N) is 1. The molecule has 1 heterocycles. The quantitative estimate of drug-likeness (QED) is 0.615. The maximum absolute atomic E-state index is 11.8. The Balaban J connectivity index is 1.72. The van der Waals surface area contributed by atoms with Gasteiger partial charge in [-0.2, -0.15) is 5.10 Å².